The quantitative estimate of drug-likeness (QED) is 0.852. The molecule has 2 rings (SSSR count). The van der Waals surface area contributed by atoms with E-state index in [1.807, 2.05) is 0 Å². The molecule has 0 aliphatic heterocycles. The van der Waals surface area contributed by atoms with Crippen molar-refractivity contribution in [1.29, 1.82) is 0 Å². The van der Waals surface area contributed by atoms with Gasteiger partial charge in [-0.25, -0.2) is 0 Å². The van der Waals surface area contributed by atoms with Crippen LogP contribution in [0.2, 0.25) is 0 Å². The van der Waals surface area contributed by atoms with E-state index in [1.54, 1.807) is 19.1 Å². The molecule has 5 heteroatoms. The Labute approximate surface area is 104 Å². The maximum absolute atomic E-state index is 12.2. The zero-order valence-electron chi connectivity index (χ0n) is 10.1. The molecule has 1 aromatic carbocycles. The van der Waals surface area contributed by atoms with Crippen molar-refractivity contribution in [2.75, 3.05) is 6.61 Å². The first kappa shape index (κ1) is 13.1. The van der Waals surface area contributed by atoms with Crippen LogP contribution in [0.4, 0.5) is 8.78 Å². The summed E-state index contributed by atoms with van der Waals surface area (Å²) in [6.45, 7) is -0.776. The molecule has 0 spiro atoms. The average Bonchev–Trinajstić information content (AvgIpc) is 3.14. The Hall–Kier alpha value is -1.36. The Morgan fingerprint density at radius 3 is 2.61 bits per heavy atom. The number of halogens is 2. The maximum Gasteiger partial charge on any atom is 0.387 e. The lowest BCUT2D eigenvalue weighted by molar-refractivity contribution is -0.0514. The van der Waals surface area contributed by atoms with E-state index in [9.17, 15) is 13.9 Å². The van der Waals surface area contributed by atoms with Gasteiger partial charge in [-0.3, -0.25) is 0 Å². The second-order valence-corrected chi connectivity index (χ2v) is 4.30. The predicted molar refractivity (Wildman–Crippen MR) is 61.9 cm³/mol. The molecule has 1 fully saturated rings. The van der Waals surface area contributed by atoms with Crippen molar-refractivity contribution in [2.24, 2.45) is 5.92 Å². The van der Waals surface area contributed by atoms with E-state index in [-0.39, 0.29) is 17.4 Å². The van der Waals surface area contributed by atoms with E-state index in [2.05, 4.69) is 4.74 Å². The van der Waals surface area contributed by atoms with Gasteiger partial charge in [0.15, 0.2) is 11.5 Å². The SMILES string of the molecule is CCOc1cc(C(O)C2CC2)ccc1OC(F)F. The van der Waals surface area contributed by atoms with Crippen LogP contribution in [-0.2, 0) is 0 Å². The van der Waals surface area contributed by atoms with Crippen molar-refractivity contribution in [3.05, 3.63) is 23.8 Å². The molecule has 0 bridgehead atoms. The van der Waals surface area contributed by atoms with Gasteiger partial charge in [0.2, 0.25) is 0 Å². The van der Waals surface area contributed by atoms with Crippen molar-refractivity contribution in [3.63, 3.8) is 0 Å². The Kier molecular flexibility index (Phi) is 4.01. The van der Waals surface area contributed by atoms with E-state index in [1.165, 1.54) is 6.07 Å². The largest absolute Gasteiger partial charge is 0.490 e. The van der Waals surface area contributed by atoms with Crippen LogP contribution in [0.3, 0.4) is 0 Å². The fourth-order valence-corrected chi connectivity index (χ4v) is 1.85. The van der Waals surface area contributed by atoms with Gasteiger partial charge in [0.05, 0.1) is 12.7 Å². The van der Waals surface area contributed by atoms with E-state index >= 15 is 0 Å². The van der Waals surface area contributed by atoms with Crippen molar-refractivity contribution in [3.8, 4) is 11.5 Å². The highest BCUT2D eigenvalue weighted by Gasteiger charge is 2.31. The topological polar surface area (TPSA) is 38.7 Å². The lowest BCUT2D eigenvalue weighted by atomic mass is 10.1. The van der Waals surface area contributed by atoms with Crippen LogP contribution in [0.25, 0.3) is 0 Å². The van der Waals surface area contributed by atoms with Crippen molar-refractivity contribution in [2.45, 2.75) is 32.5 Å². The van der Waals surface area contributed by atoms with Gasteiger partial charge in [0, 0.05) is 0 Å². The molecule has 1 aliphatic rings. The number of aliphatic hydroxyl groups excluding tert-OH is 1. The molecule has 3 nitrogen and oxygen atoms in total. The minimum Gasteiger partial charge on any atom is -0.490 e. The molecule has 1 saturated carbocycles. The zero-order chi connectivity index (χ0) is 13.1. The Bertz CT molecular complexity index is 405. The van der Waals surface area contributed by atoms with E-state index < -0.39 is 12.7 Å². The van der Waals surface area contributed by atoms with Crippen LogP contribution >= 0.6 is 0 Å². The third kappa shape index (κ3) is 3.10. The molecular weight excluding hydrogens is 242 g/mol. The summed E-state index contributed by atoms with van der Waals surface area (Å²) in [5, 5.41) is 9.98. The molecule has 0 heterocycles. The molecule has 1 N–H and O–H groups in total. The summed E-state index contributed by atoms with van der Waals surface area (Å²) in [7, 11) is 0. The molecule has 18 heavy (non-hydrogen) atoms. The van der Waals surface area contributed by atoms with Gasteiger partial charge < -0.3 is 14.6 Å². The monoisotopic (exact) mass is 258 g/mol. The number of benzene rings is 1. The van der Waals surface area contributed by atoms with Gasteiger partial charge in [-0.05, 0) is 43.4 Å². The van der Waals surface area contributed by atoms with Crippen molar-refractivity contribution in [1.82, 2.24) is 0 Å². The molecule has 0 aromatic heterocycles. The summed E-state index contributed by atoms with van der Waals surface area (Å²) < 4.78 is 34.1. The fraction of sp³-hybridized carbons (Fsp3) is 0.538. The smallest absolute Gasteiger partial charge is 0.387 e. The number of ether oxygens (including phenoxy) is 2. The van der Waals surface area contributed by atoms with Crippen molar-refractivity contribution >= 4 is 0 Å². The van der Waals surface area contributed by atoms with Crippen LogP contribution in [-0.4, -0.2) is 18.3 Å². The first-order valence-corrected chi connectivity index (χ1v) is 6.01. The van der Waals surface area contributed by atoms with Gasteiger partial charge in [-0.15, -0.1) is 0 Å². The predicted octanol–water partition coefficient (Wildman–Crippen LogP) is 3.13. The molecule has 1 unspecified atom stereocenters. The number of alkyl halides is 2. The average molecular weight is 258 g/mol. The minimum atomic E-state index is -2.89. The normalized spacial score (nSPS) is 16.7. The van der Waals surface area contributed by atoms with Gasteiger partial charge in [-0.1, -0.05) is 6.07 Å². The molecule has 1 aromatic rings. The summed E-state index contributed by atoms with van der Waals surface area (Å²) in [5.41, 5.74) is 0.683. The van der Waals surface area contributed by atoms with Gasteiger partial charge >= 0.3 is 6.61 Å². The molecule has 0 radical (unpaired) electrons. The Morgan fingerprint density at radius 2 is 2.06 bits per heavy atom. The van der Waals surface area contributed by atoms with Crippen LogP contribution in [0, 0.1) is 5.92 Å². The second-order valence-electron chi connectivity index (χ2n) is 4.30. The Balaban J connectivity index is 2.21. The van der Waals surface area contributed by atoms with Gasteiger partial charge in [0.1, 0.15) is 0 Å². The van der Waals surface area contributed by atoms with Crippen molar-refractivity contribution < 1.29 is 23.4 Å². The summed E-state index contributed by atoms with van der Waals surface area (Å²) in [5.74, 6) is 0.523. The highest BCUT2D eigenvalue weighted by molar-refractivity contribution is 5.44. The molecular formula is C13H16F2O3. The molecule has 0 saturated heterocycles. The summed E-state index contributed by atoms with van der Waals surface area (Å²) in [6.07, 6.45) is 1.45. The van der Waals surface area contributed by atoms with E-state index in [0.29, 0.717) is 12.2 Å². The molecule has 100 valence electrons. The zero-order valence-corrected chi connectivity index (χ0v) is 10.1. The molecule has 1 atom stereocenters. The number of hydrogen-bond donors (Lipinski definition) is 1. The van der Waals surface area contributed by atoms with E-state index in [0.717, 1.165) is 12.8 Å². The van der Waals surface area contributed by atoms with Crippen LogP contribution in [0.5, 0.6) is 11.5 Å². The first-order valence-electron chi connectivity index (χ1n) is 6.01. The number of rotatable bonds is 6. The van der Waals surface area contributed by atoms with Gasteiger partial charge in [-0.2, -0.15) is 8.78 Å². The summed E-state index contributed by atoms with van der Waals surface area (Å²) >= 11 is 0. The van der Waals surface area contributed by atoms with Crippen LogP contribution in [0.1, 0.15) is 31.4 Å². The third-order valence-electron chi connectivity index (χ3n) is 2.89. The Morgan fingerprint density at radius 1 is 1.33 bits per heavy atom. The highest BCUT2D eigenvalue weighted by Crippen LogP contribution is 2.42. The standard InChI is InChI=1S/C13H16F2O3/c1-2-17-11-7-9(12(16)8-3-4-8)5-6-10(11)18-13(14)15/h5-8,12-13,16H,2-4H2,1H3. The third-order valence-corrected chi connectivity index (χ3v) is 2.89. The second kappa shape index (κ2) is 5.52. The lowest BCUT2D eigenvalue weighted by Gasteiger charge is -2.15. The maximum atomic E-state index is 12.2. The number of aliphatic hydroxyl groups is 1. The van der Waals surface area contributed by atoms with Gasteiger partial charge in [0.25, 0.3) is 0 Å². The summed E-state index contributed by atoms with van der Waals surface area (Å²) in [6, 6.07) is 4.59. The number of hydrogen-bond acceptors (Lipinski definition) is 3. The lowest BCUT2D eigenvalue weighted by Crippen LogP contribution is -2.06. The molecule has 0 amide bonds. The summed E-state index contributed by atoms with van der Waals surface area (Å²) in [4.78, 5) is 0. The first-order chi connectivity index (χ1) is 8.61. The fourth-order valence-electron chi connectivity index (χ4n) is 1.85. The molecule has 1 aliphatic carbocycles. The van der Waals surface area contributed by atoms with Crippen LogP contribution in [0.15, 0.2) is 18.2 Å². The highest BCUT2D eigenvalue weighted by atomic mass is 19.3. The minimum absolute atomic E-state index is 0.00130. The van der Waals surface area contributed by atoms with Crippen LogP contribution < -0.4 is 9.47 Å². The van der Waals surface area contributed by atoms with E-state index in [4.69, 9.17) is 4.74 Å².